The molecule has 38 heavy (non-hydrogen) atoms. The maximum atomic E-state index is 16.6. The number of fused-ring (bicyclic) bond motifs is 3. The quantitative estimate of drug-likeness (QED) is 0.227. The van der Waals surface area contributed by atoms with Crippen molar-refractivity contribution >= 4 is 40.2 Å². The van der Waals surface area contributed by atoms with Gasteiger partial charge in [-0.15, -0.1) is 0 Å². The van der Waals surface area contributed by atoms with Gasteiger partial charge in [-0.1, -0.05) is 54.1 Å². The van der Waals surface area contributed by atoms with Crippen LogP contribution in [0.4, 0.5) is 10.1 Å². The molecule has 0 amide bonds. The Kier molecular flexibility index (Phi) is 8.27. The van der Waals surface area contributed by atoms with Crippen molar-refractivity contribution < 1.29 is 4.39 Å². The number of piperazine rings is 1. The molecular formula is C30H36ClFN6. The summed E-state index contributed by atoms with van der Waals surface area (Å²) >= 11 is 6.89. The molecule has 0 radical (unpaired) electrons. The van der Waals surface area contributed by atoms with E-state index in [9.17, 15) is 0 Å². The summed E-state index contributed by atoms with van der Waals surface area (Å²) in [4.78, 5) is 13.5. The van der Waals surface area contributed by atoms with Crippen LogP contribution in [0, 0.1) is 5.82 Å². The molecule has 2 saturated heterocycles. The van der Waals surface area contributed by atoms with E-state index in [1.165, 1.54) is 0 Å². The number of amidine groups is 1. The van der Waals surface area contributed by atoms with Crippen molar-refractivity contribution in [1.29, 1.82) is 0 Å². The van der Waals surface area contributed by atoms with Crippen LogP contribution in [0.5, 0.6) is 0 Å². The highest BCUT2D eigenvalue weighted by Gasteiger charge is 2.35. The van der Waals surface area contributed by atoms with Gasteiger partial charge in [-0.2, -0.15) is 0 Å². The SMILES string of the molecule is CN=C(c1cc(Cl)c(-c2cccc3ccccc23)c(F)c1NC=NCCCN(C)C)N1CC2CCC(C1)N2. The monoisotopic (exact) mass is 534 g/mol. The zero-order chi connectivity index (χ0) is 26.6. The fourth-order valence-electron chi connectivity index (χ4n) is 5.68. The number of hydrogen-bond acceptors (Lipinski definition) is 4. The lowest BCUT2D eigenvalue weighted by molar-refractivity contribution is 0.289. The molecule has 2 aliphatic rings. The van der Waals surface area contributed by atoms with E-state index in [-0.39, 0.29) is 0 Å². The number of benzene rings is 3. The fourth-order valence-corrected chi connectivity index (χ4v) is 5.98. The maximum Gasteiger partial charge on any atom is 0.156 e. The number of anilines is 1. The molecule has 2 bridgehead atoms. The third-order valence-corrected chi connectivity index (χ3v) is 7.74. The minimum absolute atomic E-state index is 0.347. The van der Waals surface area contributed by atoms with E-state index in [1.54, 1.807) is 13.4 Å². The smallest absolute Gasteiger partial charge is 0.156 e. The zero-order valence-corrected chi connectivity index (χ0v) is 23.1. The highest BCUT2D eigenvalue weighted by Crippen LogP contribution is 2.40. The molecule has 8 heteroatoms. The van der Waals surface area contributed by atoms with Crippen molar-refractivity contribution in [2.24, 2.45) is 9.98 Å². The Morgan fingerprint density at radius 2 is 1.89 bits per heavy atom. The van der Waals surface area contributed by atoms with Gasteiger partial charge >= 0.3 is 0 Å². The van der Waals surface area contributed by atoms with Crippen molar-refractivity contribution in [1.82, 2.24) is 15.1 Å². The molecule has 6 nitrogen and oxygen atoms in total. The number of nitrogens with one attached hydrogen (secondary N) is 2. The second-order valence-corrected chi connectivity index (χ2v) is 10.8. The molecule has 200 valence electrons. The molecule has 3 aromatic rings. The average molecular weight is 535 g/mol. The molecule has 2 fully saturated rings. The van der Waals surface area contributed by atoms with Crippen LogP contribution >= 0.6 is 11.6 Å². The number of likely N-dealkylation sites (tertiary alicyclic amines) is 1. The Balaban J connectivity index is 1.56. The van der Waals surface area contributed by atoms with Crippen LogP contribution in [-0.2, 0) is 0 Å². The normalized spacial score (nSPS) is 19.7. The lowest BCUT2D eigenvalue weighted by atomic mass is 9.95. The average Bonchev–Trinajstić information content (AvgIpc) is 3.25. The van der Waals surface area contributed by atoms with Gasteiger partial charge in [0.05, 0.1) is 17.0 Å². The van der Waals surface area contributed by atoms with Gasteiger partial charge in [-0.05, 0) is 62.3 Å². The molecular weight excluding hydrogens is 499 g/mol. The van der Waals surface area contributed by atoms with E-state index >= 15 is 4.39 Å². The van der Waals surface area contributed by atoms with Crippen LogP contribution in [0.1, 0.15) is 24.8 Å². The van der Waals surface area contributed by atoms with Crippen molar-refractivity contribution in [3.05, 3.63) is 64.9 Å². The summed E-state index contributed by atoms with van der Waals surface area (Å²) in [5.74, 6) is 0.347. The Morgan fingerprint density at radius 1 is 1.16 bits per heavy atom. The fraction of sp³-hybridized carbons (Fsp3) is 0.400. The highest BCUT2D eigenvalue weighted by atomic mass is 35.5. The van der Waals surface area contributed by atoms with Crippen molar-refractivity contribution in [2.75, 3.05) is 52.6 Å². The van der Waals surface area contributed by atoms with E-state index in [0.717, 1.165) is 61.1 Å². The maximum absolute atomic E-state index is 16.6. The molecule has 0 spiro atoms. The minimum atomic E-state index is -0.400. The number of rotatable bonds is 8. The molecule has 5 rings (SSSR count). The predicted octanol–water partition coefficient (Wildman–Crippen LogP) is 5.50. The molecule has 2 aliphatic heterocycles. The van der Waals surface area contributed by atoms with Crippen LogP contribution in [0.2, 0.25) is 5.02 Å². The van der Waals surface area contributed by atoms with Gasteiger partial charge in [0.2, 0.25) is 0 Å². The van der Waals surface area contributed by atoms with Gasteiger partial charge < -0.3 is 20.4 Å². The lowest BCUT2D eigenvalue weighted by Crippen LogP contribution is -2.53. The Morgan fingerprint density at radius 3 is 2.63 bits per heavy atom. The standard InChI is InChI=1S/C30H36ClFN6/c1-33-30(38-17-21-12-13-22(18-38)36-21)25-16-26(31)27(24-11-6-9-20-8-4-5-10-23(20)24)28(32)29(25)35-19-34-14-7-15-37(2)3/h4-6,8-11,16,19,21-22,36H,7,12-15,17-18H2,1-3H3,(H,34,35). The largest absolute Gasteiger partial charge is 0.353 e. The number of hydrogen-bond donors (Lipinski definition) is 2. The molecule has 2 unspecified atom stereocenters. The van der Waals surface area contributed by atoms with Crippen LogP contribution < -0.4 is 10.6 Å². The summed E-state index contributed by atoms with van der Waals surface area (Å²) < 4.78 is 16.6. The molecule has 2 heterocycles. The van der Waals surface area contributed by atoms with Gasteiger partial charge in [0.25, 0.3) is 0 Å². The summed E-state index contributed by atoms with van der Waals surface area (Å²) in [6.07, 6.45) is 4.83. The Hall–Kier alpha value is -3.00. The van der Waals surface area contributed by atoms with Gasteiger partial charge in [0.1, 0.15) is 5.84 Å². The first-order valence-electron chi connectivity index (χ1n) is 13.3. The lowest BCUT2D eigenvalue weighted by Gasteiger charge is -2.35. The summed E-state index contributed by atoms with van der Waals surface area (Å²) in [5, 5.41) is 9.20. The topological polar surface area (TPSA) is 55.3 Å². The minimum Gasteiger partial charge on any atom is -0.353 e. The Labute approximate surface area is 229 Å². The first-order chi connectivity index (χ1) is 18.5. The summed E-state index contributed by atoms with van der Waals surface area (Å²) in [5.41, 5.74) is 2.14. The van der Waals surface area contributed by atoms with E-state index in [1.807, 2.05) is 62.6 Å². The second-order valence-electron chi connectivity index (χ2n) is 10.4. The van der Waals surface area contributed by atoms with Gasteiger partial charge in [0, 0.05) is 49.9 Å². The third kappa shape index (κ3) is 5.55. The second kappa shape index (κ2) is 11.8. The first kappa shape index (κ1) is 26.6. The van der Waals surface area contributed by atoms with Crippen LogP contribution in [-0.4, -0.2) is 81.4 Å². The Bertz CT molecular complexity index is 1340. The van der Waals surface area contributed by atoms with E-state index in [0.29, 0.717) is 40.5 Å². The van der Waals surface area contributed by atoms with Crippen LogP contribution in [0.15, 0.2) is 58.5 Å². The molecule has 3 aromatic carbocycles. The van der Waals surface area contributed by atoms with Gasteiger partial charge in [-0.25, -0.2) is 4.39 Å². The zero-order valence-electron chi connectivity index (χ0n) is 22.3. The summed E-state index contributed by atoms with van der Waals surface area (Å²) in [7, 11) is 5.85. The number of halogens is 2. The highest BCUT2D eigenvalue weighted by molar-refractivity contribution is 6.34. The first-order valence-corrected chi connectivity index (χ1v) is 13.7. The molecule has 2 N–H and O–H groups in total. The molecule has 0 saturated carbocycles. The molecule has 2 atom stereocenters. The molecule has 0 aliphatic carbocycles. The molecule has 0 aromatic heterocycles. The summed E-state index contributed by atoms with van der Waals surface area (Å²) in [6, 6.07) is 16.6. The van der Waals surface area contributed by atoms with Crippen LogP contribution in [0.3, 0.4) is 0 Å². The van der Waals surface area contributed by atoms with Crippen molar-refractivity contribution in [3.8, 4) is 11.1 Å². The third-order valence-electron chi connectivity index (χ3n) is 7.44. The van der Waals surface area contributed by atoms with Gasteiger partial charge in [-0.3, -0.25) is 9.98 Å². The predicted molar refractivity (Wildman–Crippen MR) is 158 cm³/mol. The van der Waals surface area contributed by atoms with E-state index in [2.05, 4.69) is 30.4 Å². The van der Waals surface area contributed by atoms with Crippen molar-refractivity contribution in [2.45, 2.75) is 31.3 Å². The van der Waals surface area contributed by atoms with Crippen LogP contribution in [0.25, 0.3) is 21.9 Å². The number of nitrogens with zero attached hydrogens (tertiary/aromatic N) is 4. The summed E-state index contributed by atoms with van der Waals surface area (Å²) in [6.45, 7) is 3.28. The van der Waals surface area contributed by atoms with E-state index < -0.39 is 5.82 Å². The van der Waals surface area contributed by atoms with Crippen molar-refractivity contribution in [3.63, 3.8) is 0 Å². The number of aliphatic imine (C=N–C) groups is 2. The van der Waals surface area contributed by atoms with E-state index in [4.69, 9.17) is 11.6 Å². The van der Waals surface area contributed by atoms with Gasteiger partial charge in [0.15, 0.2) is 5.82 Å².